The first-order valence-electron chi connectivity index (χ1n) is 9.28. The Kier molecular flexibility index (Phi) is 6.68. The predicted molar refractivity (Wildman–Crippen MR) is 108 cm³/mol. The molecule has 0 radical (unpaired) electrons. The highest BCUT2D eigenvalue weighted by molar-refractivity contribution is 5.90. The topological polar surface area (TPSA) is 72.7 Å². The molecule has 0 fully saturated rings. The summed E-state index contributed by atoms with van der Waals surface area (Å²) in [6.07, 6.45) is 1.80. The van der Waals surface area contributed by atoms with Crippen LogP contribution >= 0.6 is 0 Å². The summed E-state index contributed by atoms with van der Waals surface area (Å²) in [7, 11) is 3.82. The van der Waals surface area contributed by atoms with Crippen molar-refractivity contribution in [1.82, 2.24) is 10.6 Å². The van der Waals surface area contributed by atoms with Crippen molar-refractivity contribution >= 4 is 21.9 Å². The van der Waals surface area contributed by atoms with E-state index in [1.54, 1.807) is 24.3 Å². The van der Waals surface area contributed by atoms with Crippen molar-refractivity contribution in [3.8, 4) is 11.5 Å². The molecule has 2 aromatic carbocycles. The molecule has 6 nitrogen and oxygen atoms in total. The molecule has 1 heterocycles. The second-order valence-corrected chi connectivity index (χ2v) is 6.36. The standard InChI is InChI=1S/C21H26N2O4/c1-22-9-3-11-25-15-5-7-19-17(13-15)21(24)18-14-16(6-8-20(18)27-19)26-12-4-10-23-2/h5-8,13-14,22-23H,3-4,9-12H2,1-2H3. The lowest BCUT2D eigenvalue weighted by Crippen LogP contribution is -2.12. The Morgan fingerprint density at radius 3 is 1.74 bits per heavy atom. The Labute approximate surface area is 158 Å². The Hall–Kier alpha value is -2.57. The number of nitrogens with one attached hydrogen (secondary N) is 2. The summed E-state index contributed by atoms with van der Waals surface area (Å²) < 4.78 is 17.4. The van der Waals surface area contributed by atoms with Crippen molar-refractivity contribution in [2.45, 2.75) is 12.8 Å². The maximum Gasteiger partial charge on any atom is 0.200 e. The van der Waals surface area contributed by atoms with E-state index in [0.29, 0.717) is 46.7 Å². The average Bonchev–Trinajstić information content (AvgIpc) is 2.69. The molecule has 27 heavy (non-hydrogen) atoms. The monoisotopic (exact) mass is 370 g/mol. The first kappa shape index (κ1) is 19.2. The van der Waals surface area contributed by atoms with Gasteiger partial charge in [0.2, 0.25) is 5.43 Å². The summed E-state index contributed by atoms with van der Waals surface area (Å²) in [6.45, 7) is 2.96. The van der Waals surface area contributed by atoms with Gasteiger partial charge in [-0.25, -0.2) is 0 Å². The molecule has 0 unspecified atom stereocenters. The van der Waals surface area contributed by atoms with Crippen LogP contribution < -0.4 is 25.5 Å². The van der Waals surface area contributed by atoms with E-state index in [9.17, 15) is 4.79 Å². The Morgan fingerprint density at radius 2 is 1.30 bits per heavy atom. The largest absolute Gasteiger partial charge is 0.494 e. The molecule has 3 aromatic rings. The van der Waals surface area contributed by atoms with Gasteiger partial charge >= 0.3 is 0 Å². The van der Waals surface area contributed by atoms with Gasteiger partial charge in [-0.3, -0.25) is 4.79 Å². The van der Waals surface area contributed by atoms with E-state index in [2.05, 4.69) is 10.6 Å². The third kappa shape index (κ3) is 4.78. The van der Waals surface area contributed by atoms with Crippen molar-refractivity contribution in [2.24, 2.45) is 0 Å². The molecule has 0 aliphatic rings. The van der Waals surface area contributed by atoms with Crippen LogP contribution in [0.2, 0.25) is 0 Å². The first-order valence-corrected chi connectivity index (χ1v) is 9.28. The van der Waals surface area contributed by atoms with Crippen LogP contribution in [0.15, 0.2) is 45.6 Å². The minimum Gasteiger partial charge on any atom is -0.494 e. The van der Waals surface area contributed by atoms with E-state index in [-0.39, 0.29) is 5.43 Å². The molecule has 0 spiro atoms. The molecule has 1 aromatic heterocycles. The van der Waals surface area contributed by atoms with Gasteiger partial charge in [0.15, 0.2) is 0 Å². The normalized spacial score (nSPS) is 11.2. The molecule has 0 saturated heterocycles. The molecule has 6 heteroatoms. The molecule has 144 valence electrons. The summed E-state index contributed by atoms with van der Waals surface area (Å²) >= 11 is 0. The van der Waals surface area contributed by atoms with E-state index in [4.69, 9.17) is 13.9 Å². The van der Waals surface area contributed by atoms with Gasteiger partial charge < -0.3 is 24.5 Å². The molecule has 2 N–H and O–H groups in total. The number of hydrogen-bond donors (Lipinski definition) is 2. The molecule has 0 bridgehead atoms. The number of ether oxygens (including phenoxy) is 2. The fourth-order valence-corrected chi connectivity index (χ4v) is 2.87. The van der Waals surface area contributed by atoms with Gasteiger partial charge in [0.25, 0.3) is 0 Å². The minimum absolute atomic E-state index is 0.0763. The lowest BCUT2D eigenvalue weighted by Gasteiger charge is -2.09. The summed E-state index contributed by atoms with van der Waals surface area (Å²) in [5, 5.41) is 7.19. The van der Waals surface area contributed by atoms with Gasteiger partial charge in [0.1, 0.15) is 22.7 Å². The zero-order valence-electron chi connectivity index (χ0n) is 15.8. The van der Waals surface area contributed by atoms with Crippen LogP contribution in [0.5, 0.6) is 11.5 Å². The van der Waals surface area contributed by atoms with Crippen molar-refractivity contribution in [3.63, 3.8) is 0 Å². The smallest absolute Gasteiger partial charge is 0.200 e. The maximum absolute atomic E-state index is 13.0. The summed E-state index contributed by atoms with van der Waals surface area (Å²) in [5.41, 5.74) is 1.03. The first-order chi connectivity index (χ1) is 13.2. The predicted octanol–water partition coefficient (Wildman–Crippen LogP) is 2.92. The number of hydrogen-bond acceptors (Lipinski definition) is 6. The third-order valence-electron chi connectivity index (χ3n) is 4.29. The van der Waals surface area contributed by atoms with E-state index in [1.165, 1.54) is 0 Å². The lowest BCUT2D eigenvalue weighted by atomic mass is 10.1. The number of rotatable bonds is 10. The van der Waals surface area contributed by atoms with E-state index < -0.39 is 0 Å². The maximum atomic E-state index is 13.0. The van der Waals surface area contributed by atoms with Crippen LogP contribution in [0.1, 0.15) is 12.8 Å². The highest BCUT2D eigenvalue weighted by Gasteiger charge is 2.10. The zero-order chi connectivity index (χ0) is 19.1. The minimum atomic E-state index is -0.0763. The molecule has 0 amide bonds. The van der Waals surface area contributed by atoms with Crippen molar-refractivity contribution in [1.29, 1.82) is 0 Å². The van der Waals surface area contributed by atoms with E-state index >= 15 is 0 Å². The van der Waals surface area contributed by atoms with Gasteiger partial charge in [-0.05, 0) is 76.4 Å². The van der Waals surface area contributed by atoms with Crippen molar-refractivity contribution in [3.05, 3.63) is 46.6 Å². The van der Waals surface area contributed by atoms with E-state index in [0.717, 1.165) is 25.9 Å². The Morgan fingerprint density at radius 1 is 0.815 bits per heavy atom. The highest BCUT2D eigenvalue weighted by atomic mass is 16.5. The molecular formula is C21H26N2O4. The summed E-state index contributed by atoms with van der Waals surface area (Å²) in [4.78, 5) is 13.0. The van der Waals surface area contributed by atoms with Crippen molar-refractivity contribution < 1.29 is 13.9 Å². The van der Waals surface area contributed by atoms with Crippen LogP contribution in [-0.4, -0.2) is 40.4 Å². The second kappa shape index (κ2) is 9.39. The van der Waals surface area contributed by atoms with Crippen LogP contribution in [0.3, 0.4) is 0 Å². The van der Waals surface area contributed by atoms with Gasteiger partial charge in [-0.2, -0.15) is 0 Å². The van der Waals surface area contributed by atoms with Gasteiger partial charge in [-0.15, -0.1) is 0 Å². The highest BCUT2D eigenvalue weighted by Crippen LogP contribution is 2.25. The summed E-state index contributed by atoms with van der Waals surface area (Å²) in [5.74, 6) is 1.34. The number of benzene rings is 2. The molecule has 0 atom stereocenters. The van der Waals surface area contributed by atoms with Gasteiger partial charge in [0, 0.05) is 0 Å². The quantitative estimate of drug-likeness (QED) is 0.422. The fourth-order valence-electron chi connectivity index (χ4n) is 2.87. The molecule has 0 aliphatic carbocycles. The van der Waals surface area contributed by atoms with Crippen LogP contribution in [0.4, 0.5) is 0 Å². The molecule has 0 aliphatic heterocycles. The van der Waals surface area contributed by atoms with Crippen molar-refractivity contribution in [2.75, 3.05) is 40.4 Å². The molecular weight excluding hydrogens is 344 g/mol. The van der Waals surface area contributed by atoms with Gasteiger partial charge in [-0.1, -0.05) is 0 Å². The second-order valence-electron chi connectivity index (χ2n) is 6.36. The lowest BCUT2D eigenvalue weighted by molar-refractivity contribution is 0.310. The Balaban J connectivity index is 1.86. The molecule has 3 rings (SSSR count). The van der Waals surface area contributed by atoms with Crippen LogP contribution in [0.25, 0.3) is 21.9 Å². The number of fused-ring (bicyclic) bond motifs is 2. The fraction of sp³-hybridized carbons (Fsp3) is 0.381. The molecule has 0 saturated carbocycles. The summed E-state index contributed by atoms with van der Waals surface area (Å²) in [6, 6.07) is 10.7. The zero-order valence-corrected chi connectivity index (χ0v) is 15.8. The SMILES string of the molecule is CNCCCOc1ccc2oc3ccc(OCCCNC)cc3c(=O)c2c1. The van der Waals surface area contributed by atoms with Gasteiger partial charge in [0.05, 0.1) is 24.0 Å². The third-order valence-corrected chi connectivity index (χ3v) is 4.29. The Bertz CT molecular complexity index is 879. The average molecular weight is 370 g/mol. The van der Waals surface area contributed by atoms with Crippen LogP contribution in [-0.2, 0) is 0 Å². The van der Waals surface area contributed by atoms with E-state index in [1.807, 2.05) is 26.2 Å². The van der Waals surface area contributed by atoms with Crippen LogP contribution in [0, 0.1) is 0 Å².